The van der Waals surface area contributed by atoms with Crippen molar-refractivity contribution in [3.8, 4) is 0 Å². The maximum atomic E-state index is 9.11. The molecule has 0 aliphatic carbocycles. The van der Waals surface area contributed by atoms with E-state index in [-0.39, 0.29) is 6.61 Å². The lowest BCUT2D eigenvalue weighted by molar-refractivity contribution is 0.282. The fourth-order valence-electron chi connectivity index (χ4n) is 2.08. The topological polar surface area (TPSA) is 23.5 Å². The van der Waals surface area contributed by atoms with Crippen LogP contribution in [0.25, 0.3) is 0 Å². The van der Waals surface area contributed by atoms with Crippen molar-refractivity contribution in [2.45, 2.75) is 20.1 Å². The van der Waals surface area contributed by atoms with E-state index in [1.807, 2.05) is 36.4 Å². The normalized spacial score (nSPS) is 10.5. The predicted molar refractivity (Wildman–Crippen MR) is 80.5 cm³/mol. The van der Waals surface area contributed by atoms with Crippen molar-refractivity contribution in [2.24, 2.45) is 0 Å². The number of aliphatic hydroxyl groups excluding tert-OH is 1. The van der Waals surface area contributed by atoms with Gasteiger partial charge in [0.05, 0.1) is 17.3 Å². The van der Waals surface area contributed by atoms with Crippen molar-refractivity contribution in [2.75, 3.05) is 11.4 Å². The van der Waals surface area contributed by atoms with Gasteiger partial charge in [-0.1, -0.05) is 48.0 Å². The summed E-state index contributed by atoms with van der Waals surface area (Å²) in [5.41, 5.74) is 3.10. The molecule has 0 aliphatic rings. The Hall–Kier alpha value is -1.51. The molecule has 0 saturated heterocycles. The molecule has 0 saturated carbocycles. The third-order valence-corrected chi connectivity index (χ3v) is 3.44. The zero-order valence-corrected chi connectivity index (χ0v) is 11.8. The predicted octanol–water partition coefficient (Wildman–Crippen LogP) is 3.86. The third kappa shape index (κ3) is 3.49. The summed E-state index contributed by atoms with van der Waals surface area (Å²) in [5, 5.41) is 9.80. The molecule has 0 amide bonds. The molecule has 0 spiro atoms. The zero-order valence-electron chi connectivity index (χ0n) is 11.0. The molecule has 2 aromatic carbocycles. The monoisotopic (exact) mass is 275 g/mol. The molecule has 2 aromatic rings. The van der Waals surface area contributed by atoms with E-state index in [9.17, 15) is 0 Å². The lowest BCUT2D eigenvalue weighted by Gasteiger charge is -2.24. The maximum Gasteiger partial charge on any atom is 0.0682 e. The van der Waals surface area contributed by atoms with Gasteiger partial charge in [0.1, 0.15) is 0 Å². The van der Waals surface area contributed by atoms with Gasteiger partial charge in [0.2, 0.25) is 0 Å². The highest BCUT2D eigenvalue weighted by Crippen LogP contribution is 2.28. The number of hydrogen-bond acceptors (Lipinski definition) is 2. The number of rotatable bonds is 5. The van der Waals surface area contributed by atoms with Crippen molar-refractivity contribution < 1.29 is 5.11 Å². The molecule has 0 aliphatic heterocycles. The summed E-state index contributed by atoms with van der Waals surface area (Å²) in [7, 11) is 0. The molecule has 1 N–H and O–H groups in total. The summed E-state index contributed by atoms with van der Waals surface area (Å²) < 4.78 is 0. The molecule has 0 fully saturated rings. The van der Waals surface area contributed by atoms with Crippen LogP contribution in [0.15, 0.2) is 48.5 Å². The second kappa shape index (κ2) is 6.60. The lowest BCUT2D eigenvalue weighted by atomic mass is 10.1. The Labute approximate surface area is 119 Å². The summed E-state index contributed by atoms with van der Waals surface area (Å²) >= 11 is 6.30. The van der Waals surface area contributed by atoms with Crippen molar-refractivity contribution in [1.29, 1.82) is 0 Å². The van der Waals surface area contributed by atoms with Gasteiger partial charge in [-0.2, -0.15) is 0 Å². The van der Waals surface area contributed by atoms with Crippen LogP contribution in [-0.4, -0.2) is 11.7 Å². The minimum absolute atomic E-state index is 0.0187. The molecule has 0 unspecified atom stereocenters. The average Bonchev–Trinajstić information content (AvgIpc) is 2.46. The molecular weight excluding hydrogens is 258 g/mol. The van der Waals surface area contributed by atoms with E-state index in [0.29, 0.717) is 5.02 Å². The first-order valence-corrected chi connectivity index (χ1v) is 6.80. The molecule has 0 bridgehead atoms. The summed E-state index contributed by atoms with van der Waals surface area (Å²) in [5.74, 6) is 0. The lowest BCUT2D eigenvalue weighted by Crippen LogP contribution is -2.22. The number of aliphatic hydroxyl groups is 1. The molecule has 3 heteroatoms. The van der Waals surface area contributed by atoms with Gasteiger partial charge in [0.25, 0.3) is 0 Å². The highest BCUT2D eigenvalue weighted by atomic mass is 35.5. The minimum Gasteiger partial charge on any atom is -0.392 e. The maximum absolute atomic E-state index is 9.11. The van der Waals surface area contributed by atoms with E-state index in [4.69, 9.17) is 16.7 Å². The Morgan fingerprint density at radius 3 is 2.37 bits per heavy atom. The standard InChI is InChI=1S/C16H18ClNO/c1-2-18(11-13-6-4-3-5-7-13)16-9-8-14(12-19)10-15(16)17/h3-10,19H,2,11-12H2,1H3. The first-order chi connectivity index (χ1) is 9.24. The molecule has 0 heterocycles. The van der Waals surface area contributed by atoms with Gasteiger partial charge in [-0.05, 0) is 30.2 Å². The van der Waals surface area contributed by atoms with Crippen molar-refractivity contribution in [3.63, 3.8) is 0 Å². The first kappa shape index (κ1) is 13.9. The van der Waals surface area contributed by atoms with Crippen LogP contribution in [0.5, 0.6) is 0 Å². The molecular formula is C16H18ClNO. The van der Waals surface area contributed by atoms with Gasteiger partial charge < -0.3 is 10.0 Å². The largest absolute Gasteiger partial charge is 0.392 e. The van der Waals surface area contributed by atoms with Gasteiger partial charge in [-0.15, -0.1) is 0 Å². The minimum atomic E-state index is 0.0187. The molecule has 100 valence electrons. The van der Waals surface area contributed by atoms with Crippen molar-refractivity contribution in [1.82, 2.24) is 0 Å². The summed E-state index contributed by atoms with van der Waals surface area (Å²) in [6, 6.07) is 16.0. The van der Waals surface area contributed by atoms with Crippen LogP contribution < -0.4 is 4.90 Å². The highest BCUT2D eigenvalue weighted by molar-refractivity contribution is 6.33. The highest BCUT2D eigenvalue weighted by Gasteiger charge is 2.09. The SMILES string of the molecule is CCN(Cc1ccccc1)c1ccc(CO)cc1Cl. The van der Waals surface area contributed by atoms with Crippen LogP contribution in [0.3, 0.4) is 0 Å². The van der Waals surface area contributed by atoms with Crippen LogP contribution in [0.1, 0.15) is 18.1 Å². The Bertz CT molecular complexity index is 528. The molecule has 2 rings (SSSR count). The number of halogens is 1. The number of nitrogens with zero attached hydrogens (tertiary/aromatic N) is 1. The Balaban J connectivity index is 2.22. The second-order valence-electron chi connectivity index (χ2n) is 4.44. The van der Waals surface area contributed by atoms with Crippen LogP contribution in [-0.2, 0) is 13.2 Å². The van der Waals surface area contributed by atoms with Gasteiger partial charge in [0.15, 0.2) is 0 Å². The number of benzene rings is 2. The van der Waals surface area contributed by atoms with E-state index in [2.05, 4.69) is 24.0 Å². The average molecular weight is 276 g/mol. The summed E-state index contributed by atoms with van der Waals surface area (Å²) in [6.07, 6.45) is 0. The Morgan fingerprint density at radius 1 is 1.05 bits per heavy atom. The fourth-order valence-corrected chi connectivity index (χ4v) is 2.40. The second-order valence-corrected chi connectivity index (χ2v) is 4.85. The fraction of sp³-hybridized carbons (Fsp3) is 0.250. The van der Waals surface area contributed by atoms with Crippen LogP contribution in [0.4, 0.5) is 5.69 Å². The van der Waals surface area contributed by atoms with Crippen LogP contribution in [0.2, 0.25) is 5.02 Å². The Morgan fingerprint density at radius 2 is 1.79 bits per heavy atom. The molecule has 2 nitrogen and oxygen atoms in total. The smallest absolute Gasteiger partial charge is 0.0682 e. The van der Waals surface area contributed by atoms with Gasteiger partial charge >= 0.3 is 0 Å². The molecule has 0 aromatic heterocycles. The number of hydrogen-bond donors (Lipinski definition) is 1. The van der Waals surface area contributed by atoms with Gasteiger partial charge in [0, 0.05) is 13.1 Å². The van der Waals surface area contributed by atoms with E-state index >= 15 is 0 Å². The number of anilines is 1. The van der Waals surface area contributed by atoms with Gasteiger partial charge in [-0.3, -0.25) is 0 Å². The van der Waals surface area contributed by atoms with Crippen molar-refractivity contribution in [3.05, 3.63) is 64.7 Å². The van der Waals surface area contributed by atoms with Gasteiger partial charge in [-0.25, -0.2) is 0 Å². The van der Waals surface area contributed by atoms with E-state index < -0.39 is 0 Å². The summed E-state index contributed by atoms with van der Waals surface area (Å²) in [6.45, 7) is 3.84. The third-order valence-electron chi connectivity index (χ3n) is 3.13. The molecule has 19 heavy (non-hydrogen) atoms. The van der Waals surface area contributed by atoms with Crippen LogP contribution >= 0.6 is 11.6 Å². The van der Waals surface area contributed by atoms with E-state index in [1.165, 1.54) is 5.56 Å². The van der Waals surface area contributed by atoms with E-state index in [1.54, 1.807) is 0 Å². The van der Waals surface area contributed by atoms with Crippen molar-refractivity contribution >= 4 is 17.3 Å². The molecule has 0 radical (unpaired) electrons. The van der Waals surface area contributed by atoms with E-state index in [0.717, 1.165) is 24.3 Å². The first-order valence-electron chi connectivity index (χ1n) is 6.42. The zero-order chi connectivity index (χ0) is 13.7. The quantitative estimate of drug-likeness (QED) is 0.896. The summed E-state index contributed by atoms with van der Waals surface area (Å²) in [4.78, 5) is 2.22. The molecule has 0 atom stereocenters. The van der Waals surface area contributed by atoms with Crippen LogP contribution in [0, 0.1) is 0 Å². The Kier molecular flexibility index (Phi) is 4.83.